The number of fused-ring (bicyclic) bond motifs is 1. The van der Waals surface area contributed by atoms with Crippen molar-refractivity contribution in [1.29, 1.82) is 0 Å². The standard InChI is InChI=1S/C15H17Cl2N5OS/c1-9(14(23)19-13-11(17)7-10(16)8-18-13)24-15-21-20-12-5-3-2-4-6-22(12)15/h7-9H,2-6H2,1H3,(H,18,19,23)/t9-/m0/s1. The van der Waals surface area contributed by atoms with Crippen LogP contribution >= 0.6 is 35.0 Å². The molecule has 24 heavy (non-hydrogen) atoms. The normalized spacial score (nSPS) is 15.5. The molecule has 2 aromatic rings. The van der Waals surface area contributed by atoms with E-state index in [1.165, 1.54) is 24.4 Å². The van der Waals surface area contributed by atoms with E-state index in [0.29, 0.717) is 15.9 Å². The van der Waals surface area contributed by atoms with Gasteiger partial charge in [-0.05, 0) is 25.8 Å². The van der Waals surface area contributed by atoms with E-state index in [0.717, 1.165) is 36.8 Å². The van der Waals surface area contributed by atoms with Crippen LogP contribution in [0.2, 0.25) is 10.0 Å². The number of hydrogen-bond donors (Lipinski definition) is 1. The number of aromatic nitrogens is 4. The van der Waals surface area contributed by atoms with E-state index in [-0.39, 0.29) is 11.2 Å². The monoisotopic (exact) mass is 385 g/mol. The molecule has 0 aromatic carbocycles. The minimum absolute atomic E-state index is 0.192. The predicted molar refractivity (Wildman–Crippen MR) is 95.8 cm³/mol. The molecular weight excluding hydrogens is 369 g/mol. The van der Waals surface area contributed by atoms with Crippen LogP contribution in [0.4, 0.5) is 5.82 Å². The Hall–Kier alpha value is -1.31. The van der Waals surface area contributed by atoms with Crippen LogP contribution < -0.4 is 5.32 Å². The Balaban J connectivity index is 1.67. The fourth-order valence-electron chi connectivity index (χ4n) is 2.48. The zero-order valence-electron chi connectivity index (χ0n) is 13.1. The molecule has 0 radical (unpaired) electrons. The molecule has 0 bridgehead atoms. The first kappa shape index (κ1) is 17.5. The van der Waals surface area contributed by atoms with Crippen molar-refractivity contribution in [2.45, 2.75) is 49.6 Å². The van der Waals surface area contributed by atoms with Crippen LogP contribution in [0.5, 0.6) is 0 Å². The van der Waals surface area contributed by atoms with E-state index in [2.05, 4.69) is 25.1 Å². The van der Waals surface area contributed by atoms with Gasteiger partial charge in [-0.15, -0.1) is 10.2 Å². The zero-order chi connectivity index (χ0) is 17.1. The third-order valence-corrected chi connectivity index (χ3v) is 5.35. The summed E-state index contributed by atoms with van der Waals surface area (Å²) in [5.74, 6) is 1.12. The van der Waals surface area contributed by atoms with Crippen LogP contribution in [0.25, 0.3) is 0 Å². The minimum Gasteiger partial charge on any atom is -0.308 e. The molecule has 0 unspecified atom stereocenters. The Bertz CT molecular complexity index is 751. The largest absolute Gasteiger partial charge is 0.308 e. The third-order valence-electron chi connectivity index (χ3n) is 3.78. The van der Waals surface area contributed by atoms with Crippen molar-refractivity contribution in [3.8, 4) is 0 Å². The fraction of sp³-hybridized carbons (Fsp3) is 0.467. The van der Waals surface area contributed by atoms with Crippen LogP contribution in [0.1, 0.15) is 32.0 Å². The van der Waals surface area contributed by atoms with E-state index < -0.39 is 0 Å². The number of hydrogen-bond acceptors (Lipinski definition) is 5. The van der Waals surface area contributed by atoms with Gasteiger partial charge in [0, 0.05) is 19.2 Å². The Kier molecular flexibility index (Phi) is 5.63. The van der Waals surface area contributed by atoms with Gasteiger partial charge < -0.3 is 9.88 Å². The van der Waals surface area contributed by atoms with Crippen LogP contribution in [0.3, 0.4) is 0 Å². The molecule has 2 aromatic heterocycles. The van der Waals surface area contributed by atoms with E-state index in [1.807, 2.05) is 6.92 Å². The lowest BCUT2D eigenvalue weighted by molar-refractivity contribution is -0.115. The van der Waals surface area contributed by atoms with Crippen molar-refractivity contribution in [1.82, 2.24) is 19.7 Å². The van der Waals surface area contributed by atoms with E-state index in [9.17, 15) is 4.79 Å². The Morgan fingerprint density at radius 2 is 2.17 bits per heavy atom. The Labute approximate surface area is 154 Å². The number of halogens is 2. The first-order chi connectivity index (χ1) is 11.5. The van der Waals surface area contributed by atoms with Gasteiger partial charge in [-0.1, -0.05) is 41.4 Å². The number of anilines is 1. The maximum atomic E-state index is 12.4. The molecule has 1 aliphatic rings. The molecule has 1 aliphatic heterocycles. The van der Waals surface area contributed by atoms with Crippen LogP contribution in [0.15, 0.2) is 17.4 Å². The van der Waals surface area contributed by atoms with Gasteiger partial charge in [0.1, 0.15) is 5.82 Å². The number of pyridine rings is 1. The molecule has 6 nitrogen and oxygen atoms in total. The van der Waals surface area contributed by atoms with E-state index >= 15 is 0 Å². The topological polar surface area (TPSA) is 72.7 Å². The second kappa shape index (κ2) is 7.72. The SMILES string of the molecule is C[C@H](Sc1nnc2n1CCCCC2)C(=O)Nc1ncc(Cl)cc1Cl. The Morgan fingerprint density at radius 1 is 1.33 bits per heavy atom. The minimum atomic E-state index is -0.352. The molecule has 0 fully saturated rings. The van der Waals surface area contributed by atoms with Crippen LogP contribution in [0, 0.1) is 0 Å². The second-order valence-electron chi connectivity index (χ2n) is 5.59. The van der Waals surface area contributed by atoms with Gasteiger partial charge in [0.15, 0.2) is 11.0 Å². The number of carbonyl (C=O) groups excluding carboxylic acids is 1. The average molecular weight is 386 g/mol. The molecule has 3 heterocycles. The van der Waals surface area contributed by atoms with Gasteiger partial charge in [0.2, 0.25) is 5.91 Å². The summed E-state index contributed by atoms with van der Waals surface area (Å²) in [4.78, 5) is 16.4. The molecule has 0 saturated carbocycles. The molecule has 1 N–H and O–H groups in total. The number of nitrogens with one attached hydrogen (secondary N) is 1. The van der Waals surface area contributed by atoms with E-state index in [4.69, 9.17) is 23.2 Å². The van der Waals surface area contributed by atoms with Gasteiger partial charge in [0.05, 0.1) is 15.3 Å². The lowest BCUT2D eigenvalue weighted by atomic mass is 10.2. The summed E-state index contributed by atoms with van der Waals surface area (Å²) in [5, 5.41) is 12.4. The Morgan fingerprint density at radius 3 is 2.96 bits per heavy atom. The highest BCUT2D eigenvalue weighted by molar-refractivity contribution is 8.00. The number of carbonyl (C=O) groups is 1. The molecule has 1 amide bonds. The zero-order valence-corrected chi connectivity index (χ0v) is 15.5. The number of amides is 1. The summed E-state index contributed by atoms with van der Waals surface area (Å²) in [6.45, 7) is 2.73. The third kappa shape index (κ3) is 4.02. The second-order valence-corrected chi connectivity index (χ2v) is 7.75. The molecule has 128 valence electrons. The molecule has 9 heteroatoms. The summed E-state index contributed by atoms with van der Waals surface area (Å²) in [7, 11) is 0. The summed E-state index contributed by atoms with van der Waals surface area (Å²) in [5.41, 5.74) is 0. The number of rotatable bonds is 4. The molecule has 0 saturated heterocycles. The van der Waals surface area contributed by atoms with Crippen molar-refractivity contribution in [2.24, 2.45) is 0 Å². The average Bonchev–Trinajstić information content (AvgIpc) is 2.78. The number of thioether (sulfide) groups is 1. The maximum absolute atomic E-state index is 12.4. The lowest BCUT2D eigenvalue weighted by Crippen LogP contribution is -2.23. The first-order valence-corrected chi connectivity index (χ1v) is 9.39. The molecule has 3 rings (SSSR count). The van der Waals surface area contributed by atoms with Crippen LogP contribution in [-0.4, -0.2) is 30.9 Å². The summed E-state index contributed by atoms with van der Waals surface area (Å²) < 4.78 is 2.12. The summed E-state index contributed by atoms with van der Waals surface area (Å²) in [6, 6.07) is 1.54. The molecule has 0 aliphatic carbocycles. The van der Waals surface area contributed by atoms with Crippen molar-refractivity contribution in [3.05, 3.63) is 28.1 Å². The van der Waals surface area contributed by atoms with Crippen LogP contribution in [-0.2, 0) is 17.8 Å². The van der Waals surface area contributed by atoms with Crippen molar-refractivity contribution in [3.63, 3.8) is 0 Å². The van der Waals surface area contributed by atoms with Gasteiger partial charge in [-0.25, -0.2) is 4.98 Å². The van der Waals surface area contributed by atoms with Gasteiger partial charge in [-0.3, -0.25) is 4.79 Å². The summed E-state index contributed by atoms with van der Waals surface area (Å²) in [6.07, 6.45) is 5.84. The maximum Gasteiger partial charge on any atom is 0.238 e. The fourth-order valence-corrected chi connectivity index (χ4v) is 3.80. The predicted octanol–water partition coefficient (Wildman–Crippen LogP) is 3.83. The van der Waals surface area contributed by atoms with Gasteiger partial charge in [-0.2, -0.15) is 0 Å². The molecule has 0 spiro atoms. The van der Waals surface area contributed by atoms with Crippen molar-refractivity contribution in [2.75, 3.05) is 5.32 Å². The van der Waals surface area contributed by atoms with Gasteiger partial charge in [0.25, 0.3) is 0 Å². The number of nitrogens with zero attached hydrogens (tertiary/aromatic N) is 4. The first-order valence-electron chi connectivity index (χ1n) is 7.75. The van der Waals surface area contributed by atoms with Gasteiger partial charge >= 0.3 is 0 Å². The molecule has 1 atom stereocenters. The van der Waals surface area contributed by atoms with Crippen molar-refractivity contribution < 1.29 is 4.79 Å². The highest BCUT2D eigenvalue weighted by atomic mass is 35.5. The highest BCUT2D eigenvalue weighted by Gasteiger charge is 2.22. The molecular formula is C15H17Cl2N5OS. The lowest BCUT2D eigenvalue weighted by Gasteiger charge is -2.13. The highest BCUT2D eigenvalue weighted by Crippen LogP contribution is 2.27. The number of aryl methyl sites for hydroxylation is 1. The van der Waals surface area contributed by atoms with E-state index in [1.54, 1.807) is 6.07 Å². The smallest absolute Gasteiger partial charge is 0.238 e. The summed E-state index contributed by atoms with van der Waals surface area (Å²) >= 11 is 13.2. The quantitative estimate of drug-likeness (QED) is 0.809. The van der Waals surface area contributed by atoms with Crippen molar-refractivity contribution >= 4 is 46.7 Å².